The maximum Gasteiger partial charge on any atom is 0.257 e. The van der Waals surface area contributed by atoms with E-state index in [0.717, 1.165) is 36.0 Å². The van der Waals surface area contributed by atoms with E-state index in [4.69, 9.17) is 21.7 Å². The molecule has 36 heavy (non-hydrogen) atoms. The molecule has 2 N–H and O–H groups in total. The van der Waals surface area contributed by atoms with Crippen molar-refractivity contribution in [3.8, 4) is 5.75 Å². The molecular formula is C27H26BrClN4O3. The number of ether oxygens (including phenoxy) is 1. The molecule has 0 unspecified atom stereocenters. The number of amidine groups is 1. The first-order chi connectivity index (χ1) is 17.4. The van der Waals surface area contributed by atoms with Gasteiger partial charge in [0.25, 0.3) is 5.91 Å². The number of aromatic nitrogens is 1. The number of rotatable bonds is 7. The van der Waals surface area contributed by atoms with Gasteiger partial charge in [-0.25, -0.2) is 4.98 Å². The van der Waals surface area contributed by atoms with E-state index in [9.17, 15) is 9.59 Å². The van der Waals surface area contributed by atoms with Gasteiger partial charge < -0.3 is 15.0 Å². The van der Waals surface area contributed by atoms with Gasteiger partial charge in [-0.1, -0.05) is 35.9 Å². The highest BCUT2D eigenvalue weighted by molar-refractivity contribution is 9.10. The van der Waals surface area contributed by atoms with E-state index in [1.807, 2.05) is 0 Å². The Bertz CT molecular complexity index is 1270. The zero-order chi connectivity index (χ0) is 25.7. The predicted molar refractivity (Wildman–Crippen MR) is 145 cm³/mol. The molecule has 0 spiro atoms. The number of likely N-dealkylation sites (tertiary alicyclic amines) is 1. The van der Waals surface area contributed by atoms with Crippen LogP contribution in [0.15, 0.2) is 59.2 Å². The summed E-state index contributed by atoms with van der Waals surface area (Å²) < 4.78 is 6.25. The number of carbonyl (C=O) groups excluding carboxylic acids is 2. The van der Waals surface area contributed by atoms with Gasteiger partial charge in [-0.15, -0.1) is 0 Å². The lowest BCUT2D eigenvalue weighted by molar-refractivity contribution is 0.0991. The number of pyridine rings is 1. The van der Waals surface area contributed by atoms with Crippen LogP contribution >= 0.6 is 27.5 Å². The number of nitrogens with one attached hydrogen (secondary N) is 2. The Balaban J connectivity index is 1.55. The van der Waals surface area contributed by atoms with Crippen LogP contribution in [0.3, 0.4) is 0 Å². The quantitative estimate of drug-likeness (QED) is 0.207. The van der Waals surface area contributed by atoms with Gasteiger partial charge in [0.15, 0.2) is 5.78 Å². The Kier molecular flexibility index (Phi) is 8.38. The second-order valence-electron chi connectivity index (χ2n) is 8.52. The lowest BCUT2D eigenvalue weighted by atomic mass is 9.96. The number of ketones is 1. The smallest absolute Gasteiger partial charge is 0.257 e. The van der Waals surface area contributed by atoms with E-state index in [2.05, 4.69) is 31.1 Å². The Morgan fingerprint density at radius 1 is 1.08 bits per heavy atom. The molecule has 1 amide bonds. The minimum absolute atomic E-state index is 0.0558. The Labute approximate surface area is 223 Å². The fourth-order valence-corrected chi connectivity index (χ4v) is 4.63. The summed E-state index contributed by atoms with van der Waals surface area (Å²) in [7, 11) is 1.47. The van der Waals surface area contributed by atoms with Crippen LogP contribution in [0.2, 0.25) is 5.02 Å². The van der Waals surface area contributed by atoms with Gasteiger partial charge in [-0.05, 0) is 59.5 Å². The summed E-state index contributed by atoms with van der Waals surface area (Å²) in [4.78, 5) is 32.6. The molecule has 1 aliphatic rings. The third-order valence-corrected chi connectivity index (χ3v) is 6.78. The van der Waals surface area contributed by atoms with Gasteiger partial charge in [0.2, 0.25) is 0 Å². The third kappa shape index (κ3) is 6.12. The fraction of sp³-hybridized carbons (Fsp3) is 0.259. The van der Waals surface area contributed by atoms with Crippen molar-refractivity contribution in [3.05, 3.63) is 86.5 Å². The van der Waals surface area contributed by atoms with Crippen LogP contribution in [0.25, 0.3) is 0 Å². The Morgan fingerprint density at radius 3 is 2.42 bits per heavy atom. The Hall–Kier alpha value is -3.23. The second kappa shape index (κ2) is 11.7. The fourth-order valence-electron chi connectivity index (χ4n) is 4.19. The molecule has 0 saturated carbocycles. The number of hydrogen-bond acceptors (Lipinski definition) is 5. The molecule has 0 aliphatic carbocycles. The van der Waals surface area contributed by atoms with Gasteiger partial charge in [0.05, 0.1) is 7.11 Å². The van der Waals surface area contributed by atoms with E-state index in [1.165, 1.54) is 19.6 Å². The third-order valence-electron chi connectivity index (χ3n) is 6.10. The average molecular weight is 570 g/mol. The molecule has 9 heteroatoms. The number of anilines is 1. The summed E-state index contributed by atoms with van der Waals surface area (Å²) >= 11 is 9.56. The number of piperidine rings is 1. The van der Waals surface area contributed by atoms with Gasteiger partial charge >= 0.3 is 0 Å². The summed E-state index contributed by atoms with van der Waals surface area (Å²) in [5, 5.41) is 11.6. The number of Topliss-reactive ketones (excluding diaryl/α,β-unsaturated/α-hetero) is 1. The van der Waals surface area contributed by atoms with Gasteiger partial charge in [0, 0.05) is 57.5 Å². The van der Waals surface area contributed by atoms with Crippen molar-refractivity contribution in [1.82, 2.24) is 9.88 Å². The first kappa shape index (κ1) is 25.9. The van der Waals surface area contributed by atoms with Crippen molar-refractivity contribution in [1.29, 1.82) is 5.41 Å². The molecule has 4 rings (SSSR count). The number of carbonyl (C=O) groups is 2. The predicted octanol–water partition coefficient (Wildman–Crippen LogP) is 6.00. The molecule has 186 valence electrons. The highest BCUT2D eigenvalue weighted by Gasteiger charge is 2.22. The minimum atomic E-state index is -0.446. The zero-order valence-corrected chi connectivity index (χ0v) is 22.2. The van der Waals surface area contributed by atoms with Crippen molar-refractivity contribution in [3.63, 3.8) is 0 Å². The standard InChI is InChI=1S/C27H26BrClN4O3/c1-36-24-14-20(29)13-22(27(35)32-25-10-9-19(28)16-31-25)21(24)15-23(34)17-5-7-18(8-6-17)26(30)33-11-3-2-4-12-33/h5-10,13-14,16,30H,2-4,11-12,15H2,1H3,(H,31,32,35). The van der Waals surface area contributed by atoms with E-state index in [1.54, 1.807) is 48.7 Å². The maximum absolute atomic E-state index is 13.2. The van der Waals surface area contributed by atoms with Crippen LogP contribution in [0.5, 0.6) is 5.75 Å². The summed E-state index contributed by atoms with van der Waals surface area (Å²) in [5.41, 5.74) is 1.94. The molecule has 3 aromatic rings. The van der Waals surface area contributed by atoms with Crippen LogP contribution < -0.4 is 10.1 Å². The van der Waals surface area contributed by atoms with Crippen LogP contribution in [-0.2, 0) is 6.42 Å². The largest absolute Gasteiger partial charge is 0.496 e. The van der Waals surface area contributed by atoms with Gasteiger partial charge in [0.1, 0.15) is 17.4 Å². The first-order valence-electron chi connectivity index (χ1n) is 11.6. The van der Waals surface area contributed by atoms with Crippen LogP contribution in [0, 0.1) is 5.41 Å². The average Bonchev–Trinajstić information content (AvgIpc) is 2.90. The van der Waals surface area contributed by atoms with Gasteiger partial charge in [-0.2, -0.15) is 0 Å². The number of halogens is 2. The van der Waals surface area contributed by atoms with Crippen molar-refractivity contribution in [2.45, 2.75) is 25.7 Å². The molecular weight excluding hydrogens is 544 g/mol. The SMILES string of the molecule is COc1cc(Cl)cc(C(=O)Nc2ccc(Br)cn2)c1CC(=O)c1ccc(C(=N)N2CCCCC2)cc1. The molecule has 0 atom stereocenters. The zero-order valence-electron chi connectivity index (χ0n) is 19.8. The second-order valence-corrected chi connectivity index (χ2v) is 9.88. The lowest BCUT2D eigenvalue weighted by Gasteiger charge is -2.29. The normalized spacial score (nSPS) is 13.2. The van der Waals surface area contributed by atoms with Crippen LogP contribution in [-0.4, -0.2) is 47.6 Å². The van der Waals surface area contributed by atoms with Gasteiger partial charge in [-0.3, -0.25) is 15.0 Å². The molecule has 1 aliphatic heterocycles. The molecule has 0 bridgehead atoms. The monoisotopic (exact) mass is 568 g/mol. The van der Waals surface area contributed by atoms with Crippen molar-refractivity contribution in [2.75, 3.05) is 25.5 Å². The van der Waals surface area contributed by atoms with E-state index in [0.29, 0.717) is 33.6 Å². The topological polar surface area (TPSA) is 95.4 Å². The number of hydrogen-bond donors (Lipinski definition) is 2. The summed E-state index contributed by atoms with van der Waals surface area (Å²) in [6.45, 7) is 1.77. The van der Waals surface area contributed by atoms with Crippen molar-refractivity contribution < 1.29 is 14.3 Å². The molecule has 2 aromatic carbocycles. The number of amides is 1. The molecule has 0 radical (unpaired) electrons. The number of benzene rings is 2. The van der Waals surface area contributed by atoms with Crippen molar-refractivity contribution in [2.24, 2.45) is 0 Å². The summed E-state index contributed by atoms with van der Waals surface area (Å²) in [6.07, 6.45) is 4.91. The maximum atomic E-state index is 13.2. The minimum Gasteiger partial charge on any atom is -0.496 e. The molecule has 1 fully saturated rings. The molecule has 1 saturated heterocycles. The van der Waals surface area contributed by atoms with E-state index in [-0.39, 0.29) is 17.8 Å². The van der Waals surface area contributed by atoms with E-state index < -0.39 is 5.91 Å². The Morgan fingerprint density at radius 2 is 1.78 bits per heavy atom. The summed E-state index contributed by atoms with van der Waals surface area (Å²) in [5.74, 6) is 0.578. The number of nitrogens with zero attached hydrogens (tertiary/aromatic N) is 2. The van der Waals surface area contributed by atoms with Crippen molar-refractivity contribution >= 4 is 50.9 Å². The van der Waals surface area contributed by atoms with Crippen LogP contribution in [0.1, 0.15) is 51.1 Å². The highest BCUT2D eigenvalue weighted by Crippen LogP contribution is 2.30. The number of methoxy groups -OCH3 is 1. The molecule has 1 aromatic heterocycles. The molecule has 2 heterocycles. The molecule has 7 nitrogen and oxygen atoms in total. The first-order valence-corrected chi connectivity index (χ1v) is 12.8. The van der Waals surface area contributed by atoms with E-state index >= 15 is 0 Å². The lowest BCUT2D eigenvalue weighted by Crippen LogP contribution is -2.35. The highest BCUT2D eigenvalue weighted by atomic mass is 79.9. The van der Waals surface area contributed by atoms with Crippen LogP contribution in [0.4, 0.5) is 5.82 Å². The summed E-state index contributed by atoms with van der Waals surface area (Å²) in [6, 6.07) is 13.6.